The second-order valence-electron chi connectivity index (χ2n) is 5.55. The first kappa shape index (κ1) is 18.5. The highest BCUT2D eigenvalue weighted by molar-refractivity contribution is 9.10. The second-order valence-corrected chi connectivity index (χ2v) is 6.47. The highest BCUT2D eigenvalue weighted by Crippen LogP contribution is 2.18. The van der Waals surface area contributed by atoms with Gasteiger partial charge in [-0.2, -0.15) is 10.2 Å². The summed E-state index contributed by atoms with van der Waals surface area (Å²) < 4.78 is 2.28. The molecule has 136 valence electrons. The minimum atomic E-state index is -0.747. The van der Waals surface area contributed by atoms with Crippen molar-refractivity contribution in [2.24, 2.45) is 5.10 Å². The van der Waals surface area contributed by atoms with E-state index in [9.17, 15) is 14.9 Å². The molecule has 1 N–H and O–H groups in total. The first-order valence-corrected chi connectivity index (χ1v) is 8.67. The third-order valence-electron chi connectivity index (χ3n) is 3.59. The fourth-order valence-electron chi connectivity index (χ4n) is 2.32. The summed E-state index contributed by atoms with van der Waals surface area (Å²) in [5.41, 5.74) is 3.28. The summed E-state index contributed by atoms with van der Waals surface area (Å²) >= 11 is 3.35. The molecule has 8 nitrogen and oxygen atoms in total. The number of aromatic nitrogens is 2. The topological polar surface area (TPSA) is 102 Å². The standard InChI is InChI=1S/C18H14BrN5O3/c19-15-8-6-14(7-9-15)11-23-12-16(24(26)27)17(22-23)18(25)21-20-10-13-4-2-1-3-5-13/h1-10,12H,11H2,(H,21,25)/b20-10-. The van der Waals surface area contributed by atoms with E-state index >= 15 is 0 Å². The van der Waals surface area contributed by atoms with Crippen molar-refractivity contribution >= 4 is 33.7 Å². The van der Waals surface area contributed by atoms with Crippen LogP contribution in [0.4, 0.5) is 5.69 Å². The zero-order valence-corrected chi connectivity index (χ0v) is 15.5. The van der Waals surface area contributed by atoms with Gasteiger partial charge in [0.05, 0.1) is 17.7 Å². The van der Waals surface area contributed by atoms with Crippen molar-refractivity contribution in [1.82, 2.24) is 15.2 Å². The first-order valence-electron chi connectivity index (χ1n) is 7.87. The molecule has 3 rings (SSSR count). The summed E-state index contributed by atoms with van der Waals surface area (Å²) in [4.78, 5) is 22.9. The van der Waals surface area contributed by atoms with Crippen molar-refractivity contribution < 1.29 is 9.72 Å². The number of benzene rings is 2. The molecule has 0 unspecified atom stereocenters. The predicted molar refractivity (Wildman–Crippen MR) is 104 cm³/mol. The van der Waals surface area contributed by atoms with Gasteiger partial charge in [0.25, 0.3) is 5.91 Å². The summed E-state index contributed by atoms with van der Waals surface area (Å²) in [5.74, 6) is -0.747. The van der Waals surface area contributed by atoms with Crippen molar-refractivity contribution in [3.05, 3.63) is 92.2 Å². The molecule has 1 amide bonds. The lowest BCUT2D eigenvalue weighted by molar-refractivity contribution is -0.385. The van der Waals surface area contributed by atoms with Crippen molar-refractivity contribution in [2.75, 3.05) is 0 Å². The number of nitrogens with one attached hydrogen (secondary N) is 1. The Morgan fingerprint density at radius 2 is 1.93 bits per heavy atom. The highest BCUT2D eigenvalue weighted by atomic mass is 79.9. The Kier molecular flexibility index (Phi) is 5.72. The van der Waals surface area contributed by atoms with E-state index in [1.807, 2.05) is 54.6 Å². The predicted octanol–water partition coefficient (Wildman–Crippen LogP) is 3.37. The van der Waals surface area contributed by atoms with Gasteiger partial charge in [0.2, 0.25) is 5.69 Å². The summed E-state index contributed by atoms with van der Waals surface area (Å²) in [5, 5.41) is 19.1. The number of rotatable bonds is 6. The molecule has 0 saturated carbocycles. The van der Waals surface area contributed by atoms with Crippen LogP contribution in [0, 0.1) is 10.1 Å². The van der Waals surface area contributed by atoms with Crippen LogP contribution in [-0.2, 0) is 6.54 Å². The zero-order valence-electron chi connectivity index (χ0n) is 13.9. The second kappa shape index (κ2) is 8.37. The van der Waals surface area contributed by atoms with E-state index in [-0.39, 0.29) is 11.4 Å². The van der Waals surface area contributed by atoms with E-state index in [0.717, 1.165) is 15.6 Å². The Balaban J connectivity index is 1.76. The number of hydrazone groups is 1. The number of carbonyl (C=O) groups is 1. The maximum atomic E-state index is 12.3. The maximum absolute atomic E-state index is 12.3. The van der Waals surface area contributed by atoms with Gasteiger partial charge in [-0.25, -0.2) is 5.43 Å². The van der Waals surface area contributed by atoms with Crippen LogP contribution < -0.4 is 5.43 Å². The number of hydrogen-bond donors (Lipinski definition) is 1. The van der Waals surface area contributed by atoms with Crippen LogP contribution in [0.1, 0.15) is 21.6 Å². The zero-order chi connectivity index (χ0) is 19.2. The summed E-state index contributed by atoms with van der Waals surface area (Å²) in [7, 11) is 0. The quantitative estimate of drug-likeness (QED) is 0.370. The highest BCUT2D eigenvalue weighted by Gasteiger charge is 2.25. The van der Waals surface area contributed by atoms with Gasteiger partial charge < -0.3 is 0 Å². The molecule has 0 aliphatic rings. The number of nitro groups is 1. The normalized spacial score (nSPS) is 10.9. The minimum absolute atomic E-state index is 0.290. The van der Waals surface area contributed by atoms with E-state index in [1.165, 1.54) is 17.1 Å². The summed E-state index contributed by atoms with van der Waals surface area (Å²) in [6.45, 7) is 0.300. The Bertz CT molecular complexity index is 984. The summed E-state index contributed by atoms with van der Waals surface area (Å²) in [6.07, 6.45) is 2.68. The number of halogens is 1. The van der Waals surface area contributed by atoms with E-state index in [4.69, 9.17) is 0 Å². The average Bonchev–Trinajstić information content (AvgIpc) is 3.09. The maximum Gasteiger partial charge on any atom is 0.320 e. The van der Waals surface area contributed by atoms with Gasteiger partial charge in [0.1, 0.15) is 6.20 Å². The molecule has 0 radical (unpaired) electrons. The van der Waals surface area contributed by atoms with Crippen LogP contribution in [0.15, 0.2) is 70.4 Å². The minimum Gasteiger partial charge on any atom is -0.265 e. The van der Waals surface area contributed by atoms with Crippen LogP contribution in [0.3, 0.4) is 0 Å². The lowest BCUT2D eigenvalue weighted by Gasteiger charge is -2.01. The number of amides is 1. The lowest BCUT2D eigenvalue weighted by atomic mass is 10.2. The molecule has 3 aromatic rings. The third-order valence-corrected chi connectivity index (χ3v) is 4.12. The molecule has 2 aromatic carbocycles. The van der Waals surface area contributed by atoms with Gasteiger partial charge in [-0.15, -0.1) is 0 Å². The van der Waals surface area contributed by atoms with E-state index in [2.05, 4.69) is 31.6 Å². The molecule has 0 saturated heterocycles. The fourth-order valence-corrected chi connectivity index (χ4v) is 2.59. The van der Waals surface area contributed by atoms with Gasteiger partial charge in [-0.05, 0) is 23.3 Å². The van der Waals surface area contributed by atoms with Gasteiger partial charge in [0, 0.05) is 4.47 Å². The van der Waals surface area contributed by atoms with Crippen molar-refractivity contribution in [3.63, 3.8) is 0 Å². The molecule has 0 aliphatic heterocycles. The largest absolute Gasteiger partial charge is 0.320 e. The van der Waals surface area contributed by atoms with Crippen LogP contribution >= 0.6 is 15.9 Å². The van der Waals surface area contributed by atoms with Gasteiger partial charge in [0.15, 0.2) is 0 Å². The SMILES string of the molecule is O=C(N/N=C\c1ccccc1)c1nn(Cc2ccc(Br)cc2)cc1[N+](=O)[O-]. The third kappa shape index (κ3) is 4.85. The monoisotopic (exact) mass is 427 g/mol. The molecular weight excluding hydrogens is 414 g/mol. The molecule has 0 spiro atoms. The average molecular weight is 428 g/mol. The molecule has 1 aromatic heterocycles. The van der Waals surface area contributed by atoms with Crippen LogP contribution in [-0.4, -0.2) is 26.8 Å². The molecule has 1 heterocycles. The molecule has 0 aliphatic carbocycles. The molecular formula is C18H14BrN5O3. The number of nitrogens with zero attached hydrogens (tertiary/aromatic N) is 4. The van der Waals surface area contributed by atoms with Crippen LogP contribution in [0.2, 0.25) is 0 Å². The van der Waals surface area contributed by atoms with Gasteiger partial charge in [-0.3, -0.25) is 19.6 Å². The number of hydrogen-bond acceptors (Lipinski definition) is 5. The van der Waals surface area contributed by atoms with Crippen molar-refractivity contribution in [2.45, 2.75) is 6.54 Å². The van der Waals surface area contributed by atoms with Crippen LogP contribution in [0.25, 0.3) is 0 Å². The smallest absolute Gasteiger partial charge is 0.265 e. The van der Waals surface area contributed by atoms with E-state index in [0.29, 0.717) is 6.54 Å². The number of carbonyl (C=O) groups excluding carboxylic acids is 1. The van der Waals surface area contributed by atoms with Gasteiger partial charge >= 0.3 is 5.69 Å². The lowest BCUT2D eigenvalue weighted by Crippen LogP contribution is -2.19. The Morgan fingerprint density at radius 1 is 1.22 bits per heavy atom. The Morgan fingerprint density at radius 3 is 2.59 bits per heavy atom. The van der Waals surface area contributed by atoms with Crippen molar-refractivity contribution in [3.8, 4) is 0 Å². The first-order chi connectivity index (χ1) is 13.0. The molecule has 0 fully saturated rings. The Hall–Kier alpha value is -3.33. The van der Waals surface area contributed by atoms with E-state index in [1.54, 1.807) is 0 Å². The molecule has 0 bridgehead atoms. The fraction of sp³-hybridized carbons (Fsp3) is 0.0556. The van der Waals surface area contributed by atoms with Gasteiger partial charge in [-0.1, -0.05) is 58.4 Å². The summed E-state index contributed by atoms with van der Waals surface area (Å²) in [6, 6.07) is 16.6. The molecule has 9 heteroatoms. The van der Waals surface area contributed by atoms with E-state index < -0.39 is 10.8 Å². The van der Waals surface area contributed by atoms with Crippen molar-refractivity contribution in [1.29, 1.82) is 0 Å². The molecule has 27 heavy (non-hydrogen) atoms. The molecule has 0 atom stereocenters. The Labute approximate surface area is 162 Å². The van der Waals surface area contributed by atoms with Crippen LogP contribution in [0.5, 0.6) is 0 Å².